The Balaban J connectivity index is 2.26. The van der Waals surface area contributed by atoms with E-state index in [1.54, 1.807) is 37.4 Å². The third-order valence-electron chi connectivity index (χ3n) is 3.47. The third kappa shape index (κ3) is 4.18. The van der Waals surface area contributed by atoms with E-state index in [-0.39, 0.29) is 17.6 Å². The summed E-state index contributed by atoms with van der Waals surface area (Å²) in [5.41, 5.74) is 1.04. The quantitative estimate of drug-likeness (QED) is 0.327. The third-order valence-corrected chi connectivity index (χ3v) is 4.26. The number of halogens is 1. The Kier molecular flexibility index (Phi) is 6.17. The second-order valence-electron chi connectivity index (χ2n) is 5.13. The van der Waals surface area contributed by atoms with Crippen LogP contribution in [0.4, 0.5) is 0 Å². The van der Waals surface area contributed by atoms with E-state index in [1.165, 1.54) is 16.9 Å². The molecule has 0 aromatic heterocycles. The molecule has 1 heterocycles. The number of likely N-dealkylation sites (N-methyl/N-ethyl adjacent to an activating group) is 1. The van der Waals surface area contributed by atoms with Crippen molar-refractivity contribution >= 4 is 46.9 Å². The van der Waals surface area contributed by atoms with Gasteiger partial charge in [0.25, 0.3) is 5.91 Å². The average Bonchev–Trinajstić information content (AvgIpc) is 2.79. The van der Waals surface area contributed by atoms with Crippen molar-refractivity contribution in [3.8, 4) is 5.75 Å². The molecule has 0 radical (unpaired) electrons. The van der Waals surface area contributed by atoms with Crippen molar-refractivity contribution in [2.45, 2.75) is 0 Å². The summed E-state index contributed by atoms with van der Waals surface area (Å²) in [6.07, 6.45) is 3.27. The highest BCUT2D eigenvalue weighted by Gasteiger charge is 2.36. The summed E-state index contributed by atoms with van der Waals surface area (Å²) in [4.78, 5) is 26.7. The van der Waals surface area contributed by atoms with Gasteiger partial charge >= 0.3 is 5.97 Å². The van der Waals surface area contributed by atoms with Crippen molar-refractivity contribution in [2.24, 2.45) is 0 Å². The Morgan fingerprint density at radius 3 is 2.76 bits per heavy atom. The first-order valence-corrected chi connectivity index (χ1v) is 8.09. The summed E-state index contributed by atoms with van der Waals surface area (Å²) >= 11 is 11.4. The molecular formula is C17H17ClN2O4S. The summed E-state index contributed by atoms with van der Waals surface area (Å²) in [5.74, 6) is -0.393. The topological polar surface area (TPSA) is 59.1 Å². The Labute approximate surface area is 156 Å². The number of esters is 1. The molecule has 1 aromatic rings. The van der Waals surface area contributed by atoms with Crippen molar-refractivity contribution in [3.05, 3.63) is 47.1 Å². The average molecular weight is 381 g/mol. The first-order valence-electron chi connectivity index (χ1n) is 7.30. The van der Waals surface area contributed by atoms with Crippen LogP contribution in [0.2, 0.25) is 5.02 Å². The number of benzene rings is 1. The van der Waals surface area contributed by atoms with E-state index in [1.807, 2.05) is 0 Å². The van der Waals surface area contributed by atoms with Crippen LogP contribution >= 0.6 is 23.8 Å². The van der Waals surface area contributed by atoms with Gasteiger partial charge in [0.2, 0.25) is 0 Å². The van der Waals surface area contributed by atoms with Gasteiger partial charge in [0, 0.05) is 7.05 Å². The molecule has 0 bridgehead atoms. The molecule has 0 aliphatic carbocycles. The van der Waals surface area contributed by atoms with E-state index in [0.29, 0.717) is 28.6 Å². The monoisotopic (exact) mass is 380 g/mol. The number of amides is 1. The Bertz CT molecular complexity index is 763. The molecule has 8 heteroatoms. The Morgan fingerprint density at radius 2 is 2.16 bits per heavy atom. The van der Waals surface area contributed by atoms with Crippen LogP contribution in [0.1, 0.15) is 5.56 Å². The maximum absolute atomic E-state index is 12.5. The van der Waals surface area contributed by atoms with Crippen molar-refractivity contribution in [1.82, 2.24) is 9.80 Å². The van der Waals surface area contributed by atoms with Crippen LogP contribution in [0.5, 0.6) is 5.75 Å². The smallest absolute Gasteiger partial charge is 0.325 e. The molecule has 132 valence electrons. The minimum absolute atomic E-state index is 0.231. The van der Waals surface area contributed by atoms with Crippen molar-refractivity contribution in [1.29, 1.82) is 0 Å². The molecular weight excluding hydrogens is 364 g/mol. The molecule has 1 fully saturated rings. The maximum atomic E-state index is 12.5. The standard InChI is InChI=1S/C17H17ClN2O4S/c1-4-7-24-14-6-5-11(8-12(14)18)9-13-16(22)20(10-15(21)23-3)17(25)19(13)2/h4-6,8-9H,1,7,10H2,2-3H3/b13-9-. The lowest BCUT2D eigenvalue weighted by molar-refractivity contribution is -0.143. The minimum atomic E-state index is -0.544. The lowest BCUT2D eigenvalue weighted by Gasteiger charge is -2.14. The second-order valence-corrected chi connectivity index (χ2v) is 5.90. The van der Waals surface area contributed by atoms with Gasteiger partial charge < -0.3 is 14.4 Å². The van der Waals surface area contributed by atoms with Crippen LogP contribution in [-0.2, 0) is 14.3 Å². The van der Waals surface area contributed by atoms with E-state index in [9.17, 15) is 9.59 Å². The van der Waals surface area contributed by atoms with Crippen LogP contribution in [-0.4, -0.2) is 54.1 Å². The zero-order chi connectivity index (χ0) is 18.6. The predicted molar refractivity (Wildman–Crippen MR) is 99.2 cm³/mol. The number of ether oxygens (including phenoxy) is 2. The fourth-order valence-electron chi connectivity index (χ4n) is 2.17. The molecule has 1 aromatic carbocycles. The van der Waals surface area contributed by atoms with E-state index in [0.717, 1.165) is 0 Å². The van der Waals surface area contributed by atoms with Gasteiger partial charge in [-0.05, 0) is 36.0 Å². The molecule has 1 saturated heterocycles. The number of methoxy groups -OCH3 is 1. The molecule has 2 rings (SSSR count). The SMILES string of the molecule is C=CCOc1ccc(/C=C2/C(=O)N(CC(=O)OC)C(=S)N2C)cc1Cl. The van der Waals surface area contributed by atoms with E-state index >= 15 is 0 Å². The fourth-order valence-corrected chi connectivity index (χ4v) is 2.66. The molecule has 0 spiro atoms. The summed E-state index contributed by atoms with van der Waals surface area (Å²) < 4.78 is 10.0. The first kappa shape index (κ1) is 19.0. The minimum Gasteiger partial charge on any atom is -0.488 e. The fraction of sp³-hybridized carbons (Fsp3) is 0.235. The molecule has 0 saturated carbocycles. The van der Waals surface area contributed by atoms with Gasteiger partial charge in [-0.25, -0.2) is 0 Å². The van der Waals surface area contributed by atoms with Crippen LogP contribution in [0.3, 0.4) is 0 Å². The molecule has 6 nitrogen and oxygen atoms in total. The number of nitrogens with zero attached hydrogens (tertiary/aromatic N) is 2. The lowest BCUT2D eigenvalue weighted by atomic mass is 10.1. The van der Waals surface area contributed by atoms with Gasteiger partial charge in [0.05, 0.1) is 12.1 Å². The van der Waals surface area contributed by atoms with Gasteiger partial charge in [-0.1, -0.05) is 30.3 Å². The van der Waals surface area contributed by atoms with E-state index < -0.39 is 5.97 Å². The van der Waals surface area contributed by atoms with Crippen molar-refractivity contribution in [2.75, 3.05) is 27.3 Å². The molecule has 1 aliphatic rings. The Morgan fingerprint density at radius 1 is 1.44 bits per heavy atom. The molecule has 0 unspecified atom stereocenters. The van der Waals surface area contributed by atoms with Crippen LogP contribution in [0.15, 0.2) is 36.6 Å². The largest absolute Gasteiger partial charge is 0.488 e. The van der Waals surface area contributed by atoms with Crippen LogP contribution in [0, 0.1) is 0 Å². The highest BCUT2D eigenvalue weighted by atomic mass is 35.5. The highest BCUT2D eigenvalue weighted by molar-refractivity contribution is 7.80. The van der Waals surface area contributed by atoms with E-state index in [4.69, 9.17) is 28.6 Å². The van der Waals surface area contributed by atoms with Crippen molar-refractivity contribution < 1.29 is 19.1 Å². The second kappa shape index (κ2) is 8.13. The zero-order valence-corrected chi connectivity index (χ0v) is 15.4. The molecule has 0 N–H and O–H groups in total. The maximum Gasteiger partial charge on any atom is 0.325 e. The number of hydrogen-bond acceptors (Lipinski definition) is 5. The summed E-state index contributed by atoms with van der Waals surface area (Å²) in [6.45, 7) is 3.69. The predicted octanol–water partition coefficient (Wildman–Crippen LogP) is 2.48. The summed E-state index contributed by atoms with van der Waals surface area (Å²) in [5, 5.41) is 0.650. The van der Waals surface area contributed by atoms with Crippen LogP contribution < -0.4 is 4.74 Å². The van der Waals surface area contributed by atoms with E-state index in [2.05, 4.69) is 11.3 Å². The van der Waals surface area contributed by atoms with Crippen molar-refractivity contribution in [3.63, 3.8) is 0 Å². The van der Waals surface area contributed by atoms with Crippen LogP contribution in [0.25, 0.3) is 6.08 Å². The first-order chi connectivity index (χ1) is 11.9. The normalized spacial score (nSPS) is 15.7. The van der Waals surface area contributed by atoms with Gasteiger partial charge in [0.15, 0.2) is 5.11 Å². The number of hydrogen-bond donors (Lipinski definition) is 0. The van der Waals surface area contributed by atoms with Gasteiger partial charge in [-0.15, -0.1) is 0 Å². The highest BCUT2D eigenvalue weighted by Crippen LogP contribution is 2.28. The summed E-state index contributed by atoms with van der Waals surface area (Å²) in [6, 6.07) is 5.16. The molecule has 1 amide bonds. The van der Waals surface area contributed by atoms with Gasteiger partial charge in [0.1, 0.15) is 24.6 Å². The summed E-state index contributed by atoms with van der Waals surface area (Å²) in [7, 11) is 2.91. The number of rotatable bonds is 6. The number of thiocarbonyl (C=S) groups is 1. The lowest BCUT2D eigenvalue weighted by Crippen LogP contribution is -2.36. The van der Waals surface area contributed by atoms with Gasteiger partial charge in [-0.3, -0.25) is 14.5 Å². The molecule has 25 heavy (non-hydrogen) atoms. The molecule has 0 atom stereocenters. The number of carbonyl (C=O) groups excluding carboxylic acids is 2. The Hall–Kier alpha value is -2.38. The van der Waals surface area contributed by atoms with Gasteiger partial charge in [-0.2, -0.15) is 0 Å². The molecule has 1 aliphatic heterocycles. The zero-order valence-electron chi connectivity index (χ0n) is 13.8. The number of carbonyl (C=O) groups is 2.